The van der Waals surface area contributed by atoms with Crippen molar-refractivity contribution in [1.29, 1.82) is 0 Å². The summed E-state index contributed by atoms with van der Waals surface area (Å²) in [6.45, 7) is 5.89. The van der Waals surface area contributed by atoms with Gasteiger partial charge >= 0.3 is 0 Å². The van der Waals surface area contributed by atoms with Gasteiger partial charge in [-0.05, 0) is 44.5 Å². The highest BCUT2D eigenvalue weighted by Gasteiger charge is 2.13. The van der Waals surface area contributed by atoms with Crippen LogP contribution in [0.5, 0.6) is 0 Å². The summed E-state index contributed by atoms with van der Waals surface area (Å²) in [5, 5.41) is 24.6. The van der Waals surface area contributed by atoms with Crippen LogP contribution in [-0.4, -0.2) is 24.9 Å². The molecule has 2 heterocycles. The third-order valence-corrected chi connectivity index (χ3v) is 4.79. The molecular weight excluding hydrogens is 338 g/mol. The number of nitrogens with zero attached hydrogens (tertiary/aromatic N) is 5. The number of rotatable bonds is 5. The number of non-ortho nitro benzene ring substituents is 1. The highest BCUT2D eigenvalue weighted by atomic mass is 32.2. The fraction of sp³-hybridized carbons (Fsp3) is 0.235. The molecule has 0 amide bonds. The Bertz CT molecular complexity index is 908. The molecule has 0 saturated carbocycles. The van der Waals surface area contributed by atoms with Gasteiger partial charge in [-0.15, -0.1) is 10.2 Å². The van der Waals surface area contributed by atoms with Crippen LogP contribution in [0.2, 0.25) is 0 Å². The van der Waals surface area contributed by atoms with Gasteiger partial charge in [0.15, 0.2) is 5.82 Å². The van der Waals surface area contributed by atoms with E-state index in [4.69, 9.17) is 0 Å². The fourth-order valence-electron chi connectivity index (χ4n) is 2.49. The highest BCUT2D eigenvalue weighted by Crippen LogP contribution is 2.34. The van der Waals surface area contributed by atoms with Gasteiger partial charge in [0.25, 0.3) is 5.69 Å². The Labute approximate surface area is 149 Å². The smallest absolute Gasteiger partial charge is 0.258 e. The molecule has 0 radical (unpaired) electrons. The van der Waals surface area contributed by atoms with E-state index in [-0.39, 0.29) is 15.9 Å². The summed E-state index contributed by atoms with van der Waals surface area (Å²) in [7, 11) is 0. The van der Waals surface area contributed by atoms with Gasteiger partial charge in [0.1, 0.15) is 5.03 Å². The number of nitro groups is 1. The molecule has 3 aromatic rings. The molecule has 2 aromatic heterocycles. The molecule has 7 nitrogen and oxygen atoms in total. The molecule has 3 rings (SSSR count). The largest absolute Gasteiger partial charge is 0.269 e. The third kappa shape index (κ3) is 3.85. The number of hydrogen-bond acceptors (Lipinski definition) is 6. The lowest BCUT2D eigenvalue weighted by atomic mass is 10.1. The third-order valence-electron chi connectivity index (χ3n) is 3.70. The summed E-state index contributed by atoms with van der Waals surface area (Å²) in [4.78, 5) is 10.5. The van der Waals surface area contributed by atoms with Crippen molar-refractivity contribution in [3.05, 3.63) is 69.5 Å². The van der Waals surface area contributed by atoms with E-state index in [0.717, 1.165) is 22.0 Å². The van der Waals surface area contributed by atoms with E-state index in [0.29, 0.717) is 5.82 Å². The molecule has 0 aliphatic rings. The Hall–Kier alpha value is -2.74. The number of nitro benzene ring substituents is 1. The van der Waals surface area contributed by atoms with E-state index in [1.54, 1.807) is 16.8 Å². The van der Waals surface area contributed by atoms with Gasteiger partial charge in [-0.1, -0.05) is 23.9 Å². The molecule has 0 aliphatic carbocycles. The van der Waals surface area contributed by atoms with Crippen LogP contribution >= 0.6 is 11.8 Å². The molecule has 0 N–H and O–H groups in total. The van der Waals surface area contributed by atoms with Crippen LogP contribution in [-0.2, 0) is 0 Å². The minimum absolute atomic E-state index is 0.0220. The van der Waals surface area contributed by atoms with E-state index in [1.807, 2.05) is 45.0 Å². The molecule has 0 bridgehead atoms. The summed E-state index contributed by atoms with van der Waals surface area (Å²) >= 11 is 1.50. The standard InChI is InChI=1S/C17H17N5O2S/c1-11-9-12(2)21(20-11)16-7-8-17(19-18-16)25-13(3)14-5-4-6-15(10-14)22(23)24/h4-10,13H,1-3H3. The summed E-state index contributed by atoms with van der Waals surface area (Å²) in [6, 6.07) is 12.4. The van der Waals surface area contributed by atoms with Crippen LogP contribution in [0.25, 0.3) is 5.82 Å². The first-order valence-electron chi connectivity index (χ1n) is 7.72. The van der Waals surface area contributed by atoms with Gasteiger partial charge in [0.05, 0.1) is 10.6 Å². The van der Waals surface area contributed by atoms with Crippen molar-refractivity contribution in [3.8, 4) is 5.82 Å². The van der Waals surface area contributed by atoms with Crippen LogP contribution < -0.4 is 0 Å². The quantitative estimate of drug-likeness (QED) is 0.390. The maximum Gasteiger partial charge on any atom is 0.269 e. The van der Waals surface area contributed by atoms with Crippen LogP contribution in [0, 0.1) is 24.0 Å². The van der Waals surface area contributed by atoms with Crippen molar-refractivity contribution < 1.29 is 4.92 Å². The van der Waals surface area contributed by atoms with Crippen LogP contribution in [0.15, 0.2) is 47.5 Å². The summed E-state index contributed by atoms with van der Waals surface area (Å²) in [6.07, 6.45) is 0. The van der Waals surface area contributed by atoms with Crippen molar-refractivity contribution in [2.45, 2.75) is 31.0 Å². The maximum atomic E-state index is 10.9. The molecule has 1 atom stereocenters. The minimum atomic E-state index is -0.385. The molecule has 128 valence electrons. The summed E-state index contributed by atoms with van der Waals surface area (Å²) in [5.74, 6) is 0.665. The summed E-state index contributed by atoms with van der Waals surface area (Å²) in [5.41, 5.74) is 2.90. The second-order valence-corrected chi connectivity index (χ2v) is 7.04. The molecule has 0 saturated heterocycles. The normalized spacial score (nSPS) is 12.1. The van der Waals surface area contributed by atoms with E-state index in [2.05, 4.69) is 15.3 Å². The van der Waals surface area contributed by atoms with Crippen LogP contribution in [0.4, 0.5) is 5.69 Å². The Kier molecular flexibility index (Phi) is 4.80. The first-order chi connectivity index (χ1) is 11.9. The first kappa shape index (κ1) is 17.1. The van der Waals surface area contributed by atoms with E-state index in [1.165, 1.54) is 17.8 Å². The molecular formula is C17H17N5O2S. The van der Waals surface area contributed by atoms with Gasteiger partial charge in [-0.3, -0.25) is 10.1 Å². The van der Waals surface area contributed by atoms with Crippen molar-refractivity contribution in [1.82, 2.24) is 20.0 Å². The number of thioether (sulfide) groups is 1. The van der Waals surface area contributed by atoms with E-state index < -0.39 is 0 Å². The predicted molar refractivity (Wildman–Crippen MR) is 96.0 cm³/mol. The molecule has 25 heavy (non-hydrogen) atoms. The van der Waals surface area contributed by atoms with Crippen molar-refractivity contribution in [2.24, 2.45) is 0 Å². The second kappa shape index (κ2) is 7.02. The zero-order valence-electron chi connectivity index (χ0n) is 14.1. The van der Waals surface area contributed by atoms with E-state index in [9.17, 15) is 10.1 Å². The number of aryl methyl sites for hydroxylation is 2. The van der Waals surface area contributed by atoms with E-state index >= 15 is 0 Å². The Balaban J connectivity index is 1.76. The number of hydrogen-bond donors (Lipinski definition) is 0. The second-order valence-electron chi connectivity index (χ2n) is 5.68. The summed E-state index contributed by atoms with van der Waals surface area (Å²) < 4.78 is 1.75. The number of benzene rings is 1. The minimum Gasteiger partial charge on any atom is -0.258 e. The monoisotopic (exact) mass is 355 g/mol. The zero-order chi connectivity index (χ0) is 18.0. The highest BCUT2D eigenvalue weighted by molar-refractivity contribution is 7.99. The van der Waals surface area contributed by atoms with Crippen LogP contribution in [0.3, 0.4) is 0 Å². The van der Waals surface area contributed by atoms with Gasteiger partial charge < -0.3 is 0 Å². The lowest BCUT2D eigenvalue weighted by molar-refractivity contribution is -0.384. The zero-order valence-corrected chi connectivity index (χ0v) is 14.9. The number of aromatic nitrogens is 4. The molecule has 0 aliphatic heterocycles. The fourth-order valence-corrected chi connectivity index (χ4v) is 3.37. The first-order valence-corrected chi connectivity index (χ1v) is 8.60. The molecule has 1 aromatic carbocycles. The Morgan fingerprint density at radius 1 is 1.16 bits per heavy atom. The SMILES string of the molecule is Cc1cc(C)n(-c2ccc(SC(C)c3cccc([N+](=O)[O-])c3)nn2)n1. The molecule has 0 fully saturated rings. The molecule has 1 unspecified atom stereocenters. The Morgan fingerprint density at radius 2 is 1.96 bits per heavy atom. The van der Waals surface area contributed by atoms with Gasteiger partial charge in [-0.25, -0.2) is 4.68 Å². The molecule has 0 spiro atoms. The lowest BCUT2D eigenvalue weighted by Gasteiger charge is -2.11. The Morgan fingerprint density at radius 3 is 2.56 bits per heavy atom. The lowest BCUT2D eigenvalue weighted by Crippen LogP contribution is -2.03. The topological polar surface area (TPSA) is 86.7 Å². The maximum absolute atomic E-state index is 10.9. The van der Waals surface area contributed by atoms with Gasteiger partial charge in [0, 0.05) is 23.1 Å². The van der Waals surface area contributed by atoms with Gasteiger partial charge in [-0.2, -0.15) is 5.10 Å². The molecule has 8 heteroatoms. The van der Waals surface area contributed by atoms with Crippen molar-refractivity contribution in [3.63, 3.8) is 0 Å². The van der Waals surface area contributed by atoms with Crippen molar-refractivity contribution >= 4 is 17.4 Å². The average molecular weight is 355 g/mol. The van der Waals surface area contributed by atoms with Crippen LogP contribution in [0.1, 0.15) is 29.1 Å². The average Bonchev–Trinajstić information content (AvgIpc) is 2.94. The van der Waals surface area contributed by atoms with Gasteiger partial charge in [0.2, 0.25) is 0 Å². The predicted octanol–water partition coefficient (Wildman–Crippen LogP) is 4.04. The van der Waals surface area contributed by atoms with Crippen molar-refractivity contribution in [2.75, 3.05) is 0 Å².